The lowest BCUT2D eigenvalue weighted by Crippen LogP contribution is -2.13. The normalized spacial score (nSPS) is 11.5. The predicted molar refractivity (Wildman–Crippen MR) is 182 cm³/mol. The second-order valence-electron chi connectivity index (χ2n) is 10.3. The molecule has 2 aromatic heterocycles. The van der Waals surface area contributed by atoms with Crippen LogP contribution in [0.4, 0.5) is 15.9 Å². The Morgan fingerprint density at radius 1 is 0.913 bits per heavy atom. The Labute approximate surface area is 278 Å². The molecule has 0 saturated carbocycles. The fraction of sp³-hybridized carbons (Fsp3) is 0.147. The molecule has 0 aliphatic heterocycles. The maximum absolute atomic E-state index is 13.5. The number of fused-ring (bicyclic) bond motifs is 1. The van der Waals surface area contributed by atoms with Crippen LogP contribution in [-0.4, -0.2) is 42.3 Å². The first kappa shape index (κ1) is 31.7. The molecule has 6 rings (SSSR count). The van der Waals surface area contributed by atoms with Gasteiger partial charge in [-0.2, -0.15) is 0 Å². The highest BCUT2D eigenvalue weighted by Gasteiger charge is 2.14. The molecule has 0 amide bonds. The smallest absolute Gasteiger partial charge is 0.180 e. The van der Waals surface area contributed by atoms with Crippen molar-refractivity contribution in [2.24, 2.45) is 0 Å². The van der Waals surface area contributed by atoms with E-state index in [4.69, 9.17) is 14.5 Å². The molecule has 0 atom stereocenters. The van der Waals surface area contributed by atoms with E-state index in [0.29, 0.717) is 29.5 Å². The monoisotopic (exact) mass is 718 g/mol. The van der Waals surface area contributed by atoms with Crippen molar-refractivity contribution in [1.82, 2.24) is 15.0 Å². The van der Waals surface area contributed by atoms with Gasteiger partial charge in [-0.3, -0.25) is 0 Å². The summed E-state index contributed by atoms with van der Waals surface area (Å²) in [5.74, 6) is 0.904. The summed E-state index contributed by atoms with van der Waals surface area (Å²) < 4.78 is 50.6. The molecule has 46 heavy (non-hydrogen) atoms. The number of halogens is 2. The average molecular weight is 720 g/mol. The lowest BCUT2D eigenvalue weighted by Gasteiger charge is -2.12. The van der Waals surface area contributed by atoms with Gasteiger partial charge in [0.1, 0.15) is 30.3 Å². The lowest BCUT2D eigenvalue weighted by molar-refractivity contribution is 0.152. The minimum Gasteiger partial charge on any atom is -0.488 e. The highest BCUT2D eigenvalue weighted by Crippen LogP contribution is 2.33. The van der Waals surface area contributed by atoms with Crippen LogP contribution in [0.15, 0.2) is 112 Å². The summed E-state index contributed by atoms with van der Waals surface area (Å²) in [4.78, 5) is 14.0. The highest BCUT2D eigenvalue weighted by molar-refractivity contribution is 9.10. The molecule has 6 aromatic rings. The molecular formula is C34H28BrFN4O4S2. The van der Waals surface area contributed by atoms with Crippen LogP contribution >= 0.6 is 27.3 Å². The van der Waals surface area contributed by atoms with E-state index in [1.165, 1.54) is 29.8 Å². The fourth-order valence-electron chi connectivity index (χ4n) is 4.67. The van der Waals surface area contributed by atoms with Crippen molar-refractivity contribution in [1.29, 1.82) is 0 Å². The Balaban J connectivity index is 1.08. The second-order valence-corrected chi connectivity index (χ2v) is 14.2. The van der Waals surface area contributed by atoms with Gasteiger partial charge in [0.05, 0.1) is 44.6 Å². The molecule has 0 saturated heterocycles. The van der Waals surface area contributed by atoms with Gasteiger partial charge in [0.2, 0.25) is 0 Å². The molecule has 0 fully saturated rings. The van der Waals surface area contributed by atoms with Gasteiger partial charge in [-0.25, -0.2) is 27.8 Å². The Morgan fingerprint density at radius 3 is 2.61 bits per heavy atom. The van der Waals surface area contributed by atoms with Crippen molar-refractivity contribution in [3.8, 4) is 17.0 Å². The van der Waals surface area contributed by atoms with Crippen LogP contribution in [0.5, 0.6) is 5.75 Å². The number of anilines is 2. The molecule has 0 unspecified atom stereocenters. The van der Waals surface area contributed by atoms with Gasteiger partial charge in [0.25, 0.3) is 0 Å². The first-order chi connectivity index (χ1) is 22.3. The van der Waals surface area contributed by atoms with Crippen LogP contribution < -0.4 is 10.1 Å². The Hall–Kier alpha value is -4.23. The molecule has 0 aliphatic rings. The number of nitrogens with one attached hydrogen (secondary N) is 1. The zero-order valence-electron chi connectivity index (χ0n) is 24.4. The van der Waals surface area contributed by atoms with Crippen molar-refractivity contribution < 1.29 is 22.3 Å². The van der Waals surface area contributed by atoms with E-state index in [1.54, 1.807) is 36.4 Å². The summed E-state index contributed by atoms with van der Waals surface area (Å²) >= 11 is 5.10. The lowest BCUT2D eigenvalue weighted by atomic mass is 10.1. The summed E-state index contributed by atoms with van der Waals surface area (Å²) in [5, 5.41) is 7.10. The zero-order valence-corrected chi connectivity index (χ0v) is 27.6. The third kappa shape index (κ3) is 7.94. The number of hydrogen-bond donors (Lipinski definition) is 1. The number of ether oxygens (including phenoxy) is 2. The van der Waals surface area contributed by atoms with Crippen LogP contribution in [-0.2, 0) is 27.6 Å². The Morgan fingerprint density at radius 2 is 1.78 bits per heavy atom. The summed E-state index contributed by atoms with van der Waals surface area (Å²) in [5.41, 5.74) is 4.06. The number of rotatable bonds is 13. The number of thiazole rings is 1. The third-order valence-corrected chi connectivity index (χ3v) is 10.2. The first-order valence-corrected chi connectivity index (χ1v) is 17.7. The van der Waals surface area contributed by atoms with Crippen LogP contribution in [0, 0.1) is 5.82 Å². The highest BCUT2D eigenvalue weighted by atomic mass is 79.9. The summed E-state index contributed by atoms with van der Waals surface area (Å²) in [6.07, 6.45) is 2.10. The van der Waals surface area contributed by atoms with Gasteiger partial charge in [0.15, 0.2) is 9.84 Å². The average Bonchev–Trinajstić information content (AvgIpc) is 3.54. The SMILES string of the molecule is O=S(=O)(CCOCCc1nc(-c2ccc3ncnc(Nc4ccc(OCc5cccc(F)c5)c(Br)c4)c3c2)cs1)c1ccccc1. The van der Waals surface area contributed by atoms with Crippen molar-refractivity contribution in [3.63, 3.8) is 0 Å². The van der Waals surface area contributed by atoms with Crippen molar-refractivity contribution >= 4 is 59.5 Å². The maximum atomic E-state index is 13.5. The quantitative estimate of drug-likeness (QED) is 0.120. The molecule has 4 aromatic carbocycles. The molecule has 0 spiro atoms. The Bertz CT molecular complexity index is 2080. The maximum Gasteiger partial charge on any atom is 0.180 e. The van der Waals surface area contributed by atoms with E-state index in [0.717, 1.165) is 42.9 Å². The van der Waals surface area contributed by atoms with Gasteiger partial charge < -0.3 is 14.8 Å². The van der Waals surface area contributed by atoms with E-state index in [1.807, 2.05) is 47.8 Å². The van der Waals surface area contributed by atoms with Crippen LogP contribution in [0.25, 0.3) is 22.2 Å². The zero-order chi connectivity index (χ0) is 31.9. The van der Waals surface area contributed by atoms with Gasteiger partial charge in [-0.1, -0.05) is 36.4 Å². The van der Waals surface area contributed by atoms with Crippen molar-refractivity contribution in [3.05, 3.63) is 124 Å². The number of hydrogen-bond acceptors (Lipinski definition) is 9. The third-order valence-electron chi connectivity index (χ3n) is 7.02. The largest absolute Gasteiger partial charge is 0.488 e. The summed E-state index contributed by atoms with van der Waals surface area (Å²) in [6.45, 7) is 0.741. The van der Waals surface area contributed by atoms with Crippen LogP contribution in [0.1, 0.15) is 10.6 Å². The number of aromatic nitrogens is 3. The minimum atomic E-state index is -3.37. The number of sulfone groups is 1. The van der Waals surface area contributed by atoms with Crippen molar-refractivity contribution in [2.45, 2.75) is 17.9 Å². The first-order valence-electron chi connectivity index (χ1n) is 14.3. The standard InChI is InChI=1S/C34H28BrFN4O4S2/c35-29-19-26(10-12-32(29)44-20-23-5-4-6-25(36)17-23)39-34-28-18-24(9-11-30(28)37-22-38-34)31-21-45-33(40-31)13-14-43-15-16-46(41,42)27-7-2-1-3-8-27/h1-12,17-19,21-22H,13-16,20H2,(H,37,38,39). The fourth-order valence-corrected chi connectivity index (χ4v) is 7.10. The van der Waals surface area contributed by atoms with Gasteiger partial charge in [0, 0.05) is 28.4 Å². The molecule has 0 aliphatic carbocycles. The predicted octanol–water partition coefficient (Wildman–Crippen LogP) is 8.01. The molecule has 234 valence electrons. The molecule has 1 N–H and O–H groups in total. The van der Waals surface area contributed by atoms with Crippen molar-refractivity contribution in [2.75, 3.05) is 24.3 Å². The van der Waals surface area contributed by atoms with Crippen LogP contribution in [0.3, 0.4) is 0 Å². The molecule has 8 nitrogen and oxygen atoms in total. The van der Waals surface area contributed by atoms with E-state index in [2.05, 4.69) is 31.2 Å². The van der Waals surface area contributed by atoms with Gasteiger partial charge in [-0.05, 0) is 76.1 Å². The Kier molecular flexibility index (Phi) is 9.98. The van der Waals surface area contributed by atoms with Gasteiger partial charge in [-0.15, -0.1) is 11.3 Å². The topological polar surface area (TPSA) is 103 Å². The summed E-state index contributed by atoms with van der Waals surface area (Å²) in [7, 11) is -3.37. The second kappa shape index (κ2) is 14.5. The molecular weight excluding hydrogens is 691 g/mol. The van der Waals surface area contributed by atoms with E-state index < -0.39 is 9.84 Å². The van der Waals surface area contributed by atoms with Crippen LogP contribution in [0.2, 0.25) is 0 Å². The van der Waals surface area contributed by atoms with E-state index in [9.17, 15) is 12.8 Å². The summed E-state index contributed by atoms with van der Waals surface area (Å²) in [6, 6.07) is 26.2. The minimum absolute atomic E-state index is 0.0683. The number of nitrogens with zero attached hydrogens (tertiary/aromatic N) is 3. The van der Waals surface area contributed by atoms with E-state index in [-0.39, 0.29) is 24.8 Å². The number of benzene rings is 4. The van der Waals surface area contributed by atoms with E-state index >= 15 is 0 Å². The van der Waals surface area contributed by atoms with Gasteiger partial charge >= 0.3 is 0 Å². The molecule has 2 heterocycles. The molecule has 0 radical (unpaired) electrons. The molecule has 0 bridgehead atoms. The molecule has 12 heteroatoms.